The van der Waals surface area contributed by atoms with Crippen LogP contribution in [0.4, 0.5) is 0 Å². The molecule has 0 amide bonds. The van der Waals surface area contributed by atoms with E-state index in [2.05, 4.69) is 15.3 Å². The molecule has 0 fully saturated rings. The van der Waals surface area contributed by atoms with Crippen LogP contribution in [0, 0.1) is 0 Å². The number of hydrogen-bond donors (Lipinski definition) is 1. The molecule has 6 heteroatoms. The summed E-state index contributed by atoms with van der Waals surface area (Å²) in [6, 6.07) is 13.3. The number of H-pyrrole nitrogens is 1. The first-order valence-electron chi connectivity index (χ1n) is 5.65. The Labute approximate surface area is 112 Å². The zero-order chi connectivity index (χ0) is 13.1. The average Bonchev–Trinajstić information content (AvgIpc) is 3.07. The summed E-state index contributed by atoms with van der Waals surface area (Å²) in [7, 11) is 0. The SMILES string of the molecule is O=c1[nH]nc(-c2ccccc2)n1/N=C/c1cccs1. The van der Waals surface area contributed by atoms with Crippen LogP contribution in [0.2, 0.25) is 0 Å². The third-order valence-electron chi connectivity index (χ3n) is 2.53. The van der Waals surface area contributed by atoms with Gasteiger partial charge in [-0.1, -0.05) is 36.4 Å². The summed E-state index contributed by atoms with van der Waals surface area (Å²) >= 11 is 1.56. The second kappa shape index (κ2) is 5.03. The zero-order valence-corrected chi connectivity index (χ0v) is 10.7. The van der Waals surface area contributed by atoms with Gasteiger partial charge in [0.15, 0.2) is 5.82 Å². The van der Waals surface area contributed by atoms with Gasteiger partial charge in [-0.2, -0.15) is 14.9 Å². The molecule has 0 aliphatic heterocycles. The molecule has 0 saturated heterocycles. The maximum absolute atomic E-state index is 11.7. The number of hydrogen-bond acceptors (Lipinski definition) is 4. The maximum atomic E-state index is 11.7. The summed E-state index contributed by atoms with van der Waals surface area (Å²) < 4.78 is 1.26. The molecule has 3 aromatic rings. The second-order valence-corrected chi connectivity index (χ2v) is 4.77. The minimum Gasteiger partial charge on any atom is -0.244 e. The number of rotatable bonds is 3. The molecule has 5 nitrogen and oxygen atoms in total. The summed E-state index contributed by atoms with van der Waals surface area (Å²) in [5, 5.41) is 12.6. The van der Waals surface area contributed by atoms with Gasteiger partial charge >= 0.3 is 5.69 Å². The molecule has 0 atom stereocenters. The molecule has 0 aliphatic carbocycles. The van der Waals surface area contributed by atoms with Crippen LogP contribution in [-0.2, 0) is 0 Å². The van der Waals surface area contributed by atoms with Crippen LogP contribution >= 0.6 is 11.3 Å². The lowest BCUT2D eigenvalue weighted by molar-refractivity contribution is 0.843. The van der Waals surface area contributed by atoms with E-state index in [1.807, 2.05) is 47.8 Å². The third kappa shape index (κ3) is 2.38. The molecule has 2 aromatic heterocycles. The lowest BCUT2D eigenvalue weighted by Crippen LogP contribution is -2.13. The van der Waals surface area contributed by atoms with Crippen molar-refractivity contribution in [2.24, 2.45) is 5.10 Å². The smallest absolute Gasteiger partial charge is 0.244 e. The molecule has 1 N–H and O–H groups in total. The van der Waals surface area contributed by atoms with E-state index in [0.717, 1.165) is 10.4 Å². The summed E-state index contributed by atoms with van der Waals surface area (Å²) in [5.74, 6) is 0.499. The first-order valence-corrected chi connectivity index (χ1v) is 6.53. The Balaban J connectivity index is 2.02. The van der Waals surface area contributed by atoms with Crippen LogP contribution in [0.15, 0.2) is 57.7 Å². The van der Waals surface area contributed by atoms with Crippen molar-refractivity contribution in [3.8, 4) is 11.4 Å². The molecule has 0 spiro atoms. The first kappa shape index (κ1) is 11.6. The van der Waals surface area contributed by atoms with Crippen molar-refractivity contribution in [2.75, 3.05) is 0 Å². The lowest BCUT2D eigenvalue weighted by atomic mass is 10.2. The Morgan fingerprint density at radius 1 is 1.21 bits per heavy atom. The van der Waals surface area contributed by atoms with E-state index in [1.54, 1.807) is 17.6 Å². The minimum atomic E-state index is -0.355. The Morgan fingerprint density at radius 3 is 2.79 bits per heavy atom. The molecule has 0 radical (unpaired) electrons. The van der Waals surface area contributed by atoms with Gasteiger partial charge in [0.25, 0.3) is 0 Å². The summed E-state index contributed by atoms with van der Waals surface area (Å²) in [5.41, 5.74) is 0.482. The minimum absolute atomic E-state index is 0.355. The van der Waals surface area contributed by atoms with Crippen molar-refractivity contribution in [1.82, 2.24) is 14.9 Å². The van der Waals surface area contributed by atoms with Gasteiger partial charge in [-0.05, 0) is 11.4 Å². The summed E-state index contributed by atoms with van der Waals surface area (Å²) in [6.45, 7) is 0. The van der Waals surface area contributed by atoms with Crippen LogP contribution in [0.25, 0.3) is 11.4 Å². The molecule has 0 saturated carbocycles. The van der Waals surface area contributed by atoms with Gasteiger partial charge in [0, 0.05) is 10.4 Å². The summed E-state index contributed by atoms with van der Waals surface area (Å²) in [4.78, 5) is 12.7. The van der Waals surface area contributed by atoms with Crippen molar-refractivity contribution >= 4 is 17.6 Å². The fourth-order valence-corrected chi connectivity index (χ4v) is 2.23. The Hall–Kier alpha value is -2.47. The molecule has 94 valence electrons. The van der Waals surface area contributed by atoms with E-state index in [0.29, 0.717) is 5.82 Å². The van der Waals surface area contributed by atoms with Crippen molar-refractivity contribution in [3.05, 3.63) is 63.2 Å². The lowest BCUT2D eigenvalue weighted by Gasteiger charge is -1.98. The first-order chi connectivity index (χ1) is 9.34. The van der Waals surface area contributed by atoms with Gasteiger partial charge in [-0.15, -0.1) is 11.3 Å². The van der Waals surface area contributed by atoms with Gasteiger partial charge in [0.2, 0.25) is 0 Å². The monoisotopic (exact) mass is 270 g/mol. The highest BCUT2D eigenvalue weighted by atomic mass is 32.1. The highest BCUT2D eigenvalue weighted by Crippen LogP contribution is 2.14. The second-order valence-electron chi connectivity index (χ2n) is 3.79. The van der Waals surface area contributed by atoms with Crippen LogP contribution in [0.3, 0.4) is 0 Å². The van der Waals surface area contributed by atoms with Crippen molar-refractivity contribution in [1.29, 1.82) is 0 Å². The molecule has 0 aliphatic rings. The number of aromatic nitrogens is 3. The topological polar surface area (TPSA) is 63.0 Å². The van der Waals surface area contributed by atoms with E-state index >= 15 is 0 Å². The average molecular weight is 270 g/mol. The Morgan fingerprint density at radius 2 is 2.05 bits per heavy atom. The Bertz CT molecular complexity index is 741. The normalized spacial score (nSPS) is 11.2. The van der Waals surface area contributed by atoms with Gasteiger partial charge in [0.05, 0.1) is 6.21 Å². The van der Waals surface area contributed by atoms with E-state index in [4.69, 9.17) is 0 Å². The van der Waals surface area contributed by atoms with E-state index in [-0.39, 0.29) is 5.69 Å². The summed E-state index contributed by atoms with van der Waals surface area (Å²) in [6.07, 6.45) is 1.65. The number of nitrogens with one attached hydrogen (secondary N) is 1. The maximum Gasteiger partial charge on any atom is 0.364 e. The van der Waals surface area contributed by atoms with E-state index < -0.39 is 0 Å². The molecule has 1 aromatic carbocycles. The molecule has 0 unspecified atom stereocenters. The highest BCUT2D eigenvalue weighted by Gasteiger charge is 2.08. The van der Waals surface area contributed by atoms with Crippen LogP contribution in [0.5, 0.6) is 0 Å². The van der Waals surface area contributed by atoms with Gasteiger partial charge < -0.3 is 0 Å². The molecule has 0 bridgehead atoms. The number of benzene rings is 1. The van der Waals surface area contributed by atoms with Crippen LogP contribution in [-0.4, -0.2) is 21.1 Å². The number of nitrogens with zero attached hydrogens (tertiary/aromatic N) is 3. The van der Waals surface area contributed by atoms with Crippen molar-refractivity contribution < 1.29 is 0 Å². The van der Waals surface area contributed by atoms with Crippen molar-refractivity contribution in [3.63, 3.8) is 0 Å². The van der Waals surface area contributed by atoms with Crippen molar-refractivity contribution in [2.45, 2.75) is 0 Å². The third-order valence-corrected chi connectivity index (χ3v) is 3.33. The fourth-order valence-electron chi connectivity index (χ4n) is 1.65. The quantitative estimate of drug-likeness (QED) is 0.741. The predicted molar refractivity (Wildman–Crippen MR) is 75.6 cm³/mol. The van der Waals surface area contributed by atoms with Crippen LogP contribution in [0.1, 0.15) is 4.88 Å². The molecular formula is C13H10N4OS. The van der Waals surface area contributed by atoms with Gasteiger partial charge in [-0.3, -0.25) is 0 Å². The van der Waals surface area contributed by atoms with E-state index in [1.165, 1.54) is 4.68 Å². The zero-order valence-electron chi connectivity index (χ0n) is 9.85. The van der Waals surface area contributed by atoms with E-state index in [9.17, 15) is 4.79 Å². The number of aromatic amines is 1. The van der Waals surface area contributed by atoms with Gasteiger partial charge in [-0.25, -0.2) is 9.89 Å². The number of thiophene rings is 1. The largest absolute Gasteiger partial charge is 0.364 e. The van der Waals surface area contributed by atoms with Crippen LogP contribution < -0.4 is 5.69 Å². The highest BCUT2D eigenvalue weighted by molar-refractivity contribution is 7.11. The molecular weight excluding hydrogens is 260 g/mol. The molecule has 2 heterocycles. The Kier molecular flexibility index (Phi) is 3.07. The molecule has 19 heavy (non-hydrogen) atoms. The molecule has 3 rings (SSSR count). The van der Waals surface area contributed by atoms with Gasteiger partial charge in [0.1, 0.15) is 0 Å². The fraction of sp³-hybridized carbons (Fsp3) is 0. The predicted octanol–water partition coefficient (Wildman–Crippen LogP) is 2.18. The standard InChI is InChI=1S/C13H10N4OS/c18-13-16-15-12(10-5-2-1-3-6-10)17(13)14-9-11-7-4-8-19-11/h1-9H,(H,16,18)/b14-9+.